The Kier molecular flexibility index (Phi) is 5.20. The Balaban J connectivity index is 1.99. The van der Waals surface area contributed by atoms with E-state index in [2.05, 4.69) is 5.10 Å². The first-order valence-corrected chi connectivity index (χ1v) is 9.44. The van der Waals surface area contributed by atoms with Gasteiger partial charge in [-0.15, -0.1) is 0 Å². The topological polar surface area (TPSA) is 86.3 Å². The van der Waals surface area contributed by atoms with Crippen molar-refractivity contribution in [2.45, 2.75) is 46.0 Å². The summed E-state index contributed by atoms with van der Waals surface area (Å²) in [6.45, 7) is 3.57. The summed E-state index contributed by atoms with van der Waals surface area (Å²) in [6.07, 6.45) is -3.51. The zero-order valence-corrected chi connectivity index (χ0v) is 17.7. The minimum Gasteiger partial charge on any atom is -0.478 e. The average Bonchev–Trinajstić information content (AvgIpc) is 3.12. The number of carboxylic acid groups (broad SMARTS) is 1. The first kappa shape index (κ1) is 20.3. The van der Waals surface area contributed by atoms with E-state index in [0.717, 1.165) is 35.2 Å². The summed E-state index contributed by atoms with van der Waals surface area (Å²) in [4.78, 5) is 24.3. The van der Waals surface area contributed by atoms with Crippen molar-refractivity contribution in [1.29, 1.82) is 0 Å². The number of aromatic nitrogens is 3. The second-order valence-electron chi connectivity index (χ2n) is 7.71. The van der Waals surface area contributed by atoms with Crippen LogP contribution in [0, 0.1) is 13.8 Å². The number of carboxylic acids is 1. The van der Waals surface area contributed by atoms with Crippen molar-refractivity contribution in [2.24, 2.45) is 0 Å². The van der Waals surface area contributed by atoms with Gasteiger partial charge in [0.15, 0.2) is 5.60 Å². The van der Waals surface area contributed by atoms with E-state index in [9.17, 15) is 27.9 Å². The lowest BCUT2D eigenvalue weighted by Crippen LogP contribution is -2.38. The lowest BCUT2D eigenvalue weighted by atomic mass is 10.0. The van der Waals surface area contributed by atoms with E-state index in [0.29, 0.717) is 15.8 Å². The molecule has 0 aliphatic heterocycles. The number of aryl methyl sites for hydroxylation is 2. The van der Waals surface area contributed by atoms with E-state index < -0.39 is 35.5 Å². The maximum Gasteiger partial charge on any atom is 0.416 e. The molecule has 0 spiro atoms. The summed E-state index contributed by atoms with van der Waals surface area (Å²) in [5, 5.41) is 13.1. The Hall–Kier alpha value is -3.56. The third-order valence-corrected chi connectivity index (χ3v) is 4.71. The fourth-order valence-corrected chi connectivity index (χ4v) is 2.97. The first-order valence-electron chi connectivity index (χ1n) is 10.4. The van der Waals surface area contributed by atoms with Crippen molar-refractivity contribution in [3.63, 3.8) is 0 Å². The molecular formula is C22H22F3N3O4. The van der Waals surface area contributed by atoms with Crippen molar-refractivity contribution in [3.8, 4) is 11.4 Å². The Morgan fingerprint density at radius 3 is 2.22 bits per heavy atom. The highest BCUT2D eigenvalue weighted by atomic mass is 19.4. The van der Waals surface area contributed by atoms with Gasteiger partial charge >= 0.3 is 17.8 Å². The van der Waals surface area contributed by atoms with Crippen molar-refractivity contribution in [2.75, 3.05) is 0 Å². The van der Waals surface area contributed by atoms with Gasteiger partial charge in [-0.05, 0) is 68.7 Å². The first-order chi connectivity index (χ1) is 15.6. The molecule has 10 heteroatoms. The second-order valence-corrected chi connectivity index (χ2v) is 7.71. The minimum absolute atomic E-state index is 0.0581. The van der Waals surface area contributed by atoms with Crippen LogP contribution >= 0.6 is 0 Å². The van der Waals surface area contributed by atoms with Gasteiger partial charge in [0.2, 0.25) is 0 Å². The average molecular weight is 451 g/mol. The lowest BCUT2D eigenvalue weighted by molar-refractivity contribution is -0.152. The molecule has 1 N–H and O–H groups in total. The van der Waals surface area contributed by atoms with Crippen LogP contribution < -0.4 is 10.4 Å². The maximum atomic E-state index is 12.9. The molecule has 1 aromatic heterocycles. The van der Waals surface area contributed by atoms with E-state index in [4.69, 9.17) is 7.48 Å². The number of halogens is 3. The molecule has 7 nitrogen and oxygen atoms in total. The molecule has 0 bridgehead atoms. The fourth-order valence-electron chi connectivity index (χ4n) is 2.97. The molecule has 0 saturated carbocycles. The molecule has 0 fully saturated rings. The number of benzene rings is 2. The van der Waals surface area contributed by atoms with Crippen molar-refractivity contribution >= 4 is 5.97 Å². The van der Waals surface area contributed by atoms with Gasteiger partial charge in [-0.2, -0.15) is 18.3 Å². The molecular weight excluding hydrogens is 427 g/mol. The van der Waals surface area contributed by atoms with Crippen molar-refractivity contribution in [3.05, 3.63) is 75.5 Å². The number of aliphatic carboxylic acids is 1. The van der Waals surface area contributed by atoms with Crippen LogP contribution in [-0.2, 0) is 17.5 Å². The third-order valence-electron chi connectivity index (χ3n) is 4.71. The van der Waals surface area contributed by atoms with E-state index in [1.807, 2.05) is 0 Å². The van der Waals surface area contributed by atoms with E-state index >= 15 is 0 Å². The van der Waals surface area contributed by atoms with Crippen LogP contribution in [0.3, 0.4) is 0 Å². The quantitative estimate of drug-likeness (QED) is 0.613. The molecule has 1 heterocycles. The second kappa shape index (κ2) is 8.18. The third kappa shape index (κ3) is 4.68. The van der Waals surface area contributed by atoms with Gasteiger partial charge in [-0.3, -0.25) is 0 Å². The van der Waals surface area contributed by atoms with Crippen LogP contribution in [0.15, 0.2) is 47.5 Å². The van der Waals surface area contributed by atoms with Gasteiger partial charge < -0.3 is 9.84 Å². The number of hydrogen-bond donors (Lipinski definition) is 1. The molecule has 2 aromatic carbocycles. The van der Waals surface area contributed by atoms with Gasteiger partial charge in [0.25, 0.3) is 0 Å². The van der Waals surface area contributed by atoms with Crippen molar-refractivity contribution < 1.29 is 30.6 Å². The Morgan fingerprint density at radius 2 is 1.72 bits per heavy atom. The van der Waals surface area contributed by atoms with Gasteiger partial charge in [0, 0.05) is 0 Å². The molecule has 3 rings (SSSR count). The molecule has 0 radical (unpaired) electrons. The highest BCUT2D eigenvalue weighted by molar-refractivity contribution is 5.77. The fraction of sp³-hybridized carbons (Fsp3) is 0.318. The normalized spacial score (nSPS) is 13.5. The number of ether oxygens (including phenoxy) is 1. The number of carbonyl (C=O) groups is 1. The van der Waals surface area contributed by atoms with E-state index in [1.54, 1.807) is 13.8 Å². The predicted octanol–water partition coefficient (Wildman–Crippen LogP) is 3.96. The highest BCUT2D eigenvalue weighted by Gasteiger charge is 2.31. The van der Waals surface area contributed by atoms with Crippen LogP contribution in [0.25, 0.3) is 5.69 Å². The predicted molar refractivity (Wildman–Crippen MR) is 110 cm³/mol. The number of hydrogen-bond acceptors (Lipinski definition) is 4. The molecule has 0 atom stereocenters. The number of alkyl halides is 3. The van der Waals surface area contributed by atoms with Gasteiger partial charge in [0.1, 0.15) is 12.1 Å². The summed E-state index contributed by atoms with van der Waals surface area (Å²) in [5.74, 6) is -0.902. The molecule has 3 aromatic rings. The Morgan fingerprint density at radius 1 is 1.16 bits per heavy atom. The maximum absolute atomic E-state index is 12.9. The van der Waals surface area contributed by atoms with Crippen LogP contribution in [0.2, 0.25) is 0 Å². The molecule has 170 valence electrons. The van der Waals surface area contributed by atoms with Crippen LogP contribution in [0.1, 0.15) is 38.8 Å². The summed E-state index contributed by atoms with van der Waals surface area (Å²) >= 11 is 0. The van der Waals surface area contributed by atoms with E-state index in [1.165, 1.54) is 26.0 Å². The zero-order valence-electron chi connectivity index (χ0n) is 19.7. The van der Waals surface area contributed by atoms with Crippen LogP contribution in [0.4, 0.5) is 13.2 Å². The number of rotatable bonds is 6. The summed E-state index contributed by atoms with van der Waals surface area (Å²) in [7, 11) is 0. The molecule has 0 aliphatic carbocycles. The largest absolute Gasteiger partial charge is 0.478 e. The van der Waals surface area contributed by atoms with Crippen LogP contribution in [0.5, 0.6) is 5.75 Å². The Bertz CT molecular complexity index is 1270. The smallest absolute Gasteiger partial charge is 0.416 e. The molecule has 0 amide bonds. The Labute approximate surface area is 184 Å². The van der Waals surface area contributed by atoms with E-state index in [-0.39, 0.29) is 17.0 Å². The minimum atomic E-state index is -4.53. The molecule has 32 heavy (non-hydrogen) atoms. The van der Waals surface area contributed by atoms with Gasteiger partial charge in [-0.1, -0.05) is 12.1 Å². The lowest BCUT2D eigenvalue weighted by Gasteiger charge is -2.24. The SMILES string of the molecule is [2H]C([2H])(c1cc(C)c(OC(C)(C)C(=O)O)c(C)c1)n1ncn(-c2ccc(C(F)(F)F)cc2)c1=O. The summed E-state index contributed by atoms with van der Waals surface area (Å²) in [6, 6.07) is 6.66. The highest BCUT2D eigenvalue weighted by Crippen LogP contribution is 2.30. The summed E-state index contributed by atoms with van der Waals surface area (Å²) < 4.78 is 62.6. The standard InChI is InChI=1S/C22H22F3N3O4/c1-13-9-15(10-14(2)18(13)32-21(3,4)19(29)30)11-28-20(31)27(12-26-28)17-7-5-16(6-8-17)22(23,24)25/h5-10,12H,11H2,1-4H3,(H,29,30)/i11D2. The molecule has 0 aliphatic rings. The summed E-state index contributed by atoms with van der Waals surface area (Å²) in [5.41, 5.74) is -2.26. The monoisotopic (exact) mass is 451 g/mol. The molecule has 0 saturated heterocycles. The van der Waals surface area contributed by atoms with Crippen molar-refractivity contribution in [1.82, 2.24) is 14.3 Å². The number of nitrogens with zero attached hydrogens (tertiary/aromatic N) is 3. The molecule has 0 unspecified atom stereocenters. The van der Waals surface area contributed by atoms with Gasteiger partial charge in [-0.25, -0.2) is 18.8 Å². The van der Waals surface area contributed by atoms with Gasteiger partial charge in [0.05, 0.1) is 20.5 Å². The zero-order chi connectivity index (χ0) is 25.6. The van der Waals surface area contributed by atoms with Crippen LogP contribution in [-0.4, -0.2) is 31.0 Å².